The highest BCUT2D eigenvalue weighted by Gasteiger charge is 2.50. The molecule has 0 bridgehead atoms. The van der Waals surface area contributed by atoms with Gasteiger partial charge in [0, 0.05) is 10.8 Å². The summed E-state index contributed by atoms with van der Waals surface area (Å²) in [5.41, 5.74) is -11.5. The summed E-state index contributed by atoms with van der Waals surface area (Å²) in [7, 11) is -12.2. The Balaban J connectivity index is 2.28. The molecule has 30 heavy (non-hydrogen) atoms. The zero-order valence-corrected chi connectivity index (χ0v) is 15.8. The highest BCUT2D eigenvalue weighted by atomic mass is 32.2. The van der Waals surface area contributed by atoms with Crippen LogP contribution in [-0.4, -0.2) is 27.9 Å². The maximum atomic E-state index is 12.7. The van der Waals surface area contributed by atoms with Gasteiger partial charge >= 0.3 is 31.3 Å². The molecule has 0 aliphatic carbocycles. The van der Waals surface area contributed by atoms with Crippen molar-refractivity contribution in [3.05, 3.63) is 48.5 Å². The average Bonchev–Trinajstić information content (AvgIpc) is 2.60. The second kappa shape index (κ2) is 6.91. The number of alkyl halides is 6. The molecule has 0 aliphatic heterocycles. The van der Waals surface area contributed by atoms with Gasteiger partial charge in [-0.25, -0.2) is 0 Å². The molecule has 0 saturated carbocycles. The Hall–Kier alpha value is -2.74. The third kappa shape index (κ3) is 3.96. The minimum absolute atomic E-state index is 0.357. The van der Waals surface area contributed by atoms with Crippen LogP contribution in [0, 0.1) is 0 Å². The van der Waals surface area contributed by atoms with Gasteiger partial charge in [-0.2, -0.15) is 43.2 Å². The average molecular weight is 474 g/mol. The molecule has 0 heterocycles. The standard InChI is InChI=1S/C16H8F6O6S2/c17-15(18,19)29(23,24)27-13-5-6-14(28-30(25,26)16(20,21)22)12-8-10-4-2-1-3-9(10)7-11(12)13/h1-8H. The van der Waals surface area contributed by atoms with Gasteiger partial charge in [-0.1, -0.05) is 24.3 Å². The summed E-state index contributed by atoms with van der Waals surface area (Å²) in [5.74, 6) is -1.77. The fourth-order valence-electron chi connectivity index (χ4n) is 2.46. The fourth-order valence-corrected chi connectivity index (χ4v) is 3.41. The summed E-state index contributed by atoms with van der Waals surface area (Å²) < 4.78 is 130. The van der Waals surface area contributed by atoms with Crippen LogP contribution in [0.3, 0.4) is 0 Å². The van der Waals surface area contributed by atoms with Crippen LogP contribution in [-0.2, 0) is 20.2 Å². The summed E-state index contributed by atoms with van der Waals surface area (Å²) >= 11 is 0. The number of benzene rings is 3. The predicted octanol–water partition coefficient (Wildman–Crippen LogP) is 4.45. The highest BCUT2D eigenvalue weighted by Crippen LogP contribution is 2.40. The van der Waals surface area contributed by atoms with Crippen LogP contribution >= 0.6 is 0 Å². The van der Waals surface area contributed by atoms with Gasteiger partial charge < -0.3 is 8.37 Å². The lowest BCUT2D eigenvalue weighted by atomic mass is 10.0. The van der Waals surface area contributed by atoms with E-state index in [0.717, 1.165) is 12.1 Å². The fraction of sp³-hybridized carbons (Fsp3) is 0.125. The minimum Gasteiger partial charge on any atom is -0.375 e. The van der Waals surface area contributed by atoms with Crippen LogP contribution in [0.25, 0.3) is 21.5 Å². The van der Waals surface area contributed by atoms with E-state index in [1.54, 1.807) is 0 Å². The second-order valence-electron chi connectivity index (χ2n) is 5.77. The van der Waals surface area contributed by atoms with E-state index < -0.39 is 53.5 Å². The molecule has 3 aromatic carbocycles. The maximum absolute atomic E-state index is 12.7. The smallest absolute Gasteiger partial charge is 0.375 e. The zero-order chi connectivity index (χ0) is 22.5. The molecule has 0 atom stereocenters. The van der Waals surface area contributed by atoms with Crippen molar-refractivity contribution < 1.29 is 51.5 Å². The van der Waals surface area contributed by atoms with Gasteiger partial charge in [0.1, 0.15) is 0 Å². The Morgan fingerprint density at radius 1 is 0.600 bits per heavy atom. The van der Waals surface area contributed by atoms with Crippen LogP contribution in [0.5, 0.6) is 11.5 Å². The monoisotopic (exact) mass is 474 g/mol. The number of hydrogen-bond acceptors (Lipinski definition) is 6. The molecule has 162 valence electrons. The zero-order valence-electron chi connectivity index (χ0n) is 14.2. The Bertz CT molecular complexity index is 1240. The van der Waals surface area contributed by atoms with Crippen LogP contribution in [0.15, 0.2) is 48.5 Å². The Morgan fingerprint density at radius 3 is 1.23 bits per heavy atom. The number of hydrogen-bond donors (Lipinski definition) is 0. The first-order chi connectivity index (χ1) is 13.6. The van der Waals surface area contributed by atoms with Gasteiger partial charge in [0.05, 0.1) is 0 Å². The molecular weight excluding hydrogens is 466 g/mol. The van der Waals surface area contributed by atoms with Gasteiger partial charge in [0.2, 0.25) is 0 Å². The molecule has 3 rings (SSSR count). The van der Waals surface area contributed by atoms with E-state index in [-0.39, 0.29) is 0 Å². The van der Waals surface area contributed by atoms with Gasteiger partial charge in [-0.3, -0.25) is 0 Å². The quantitative estimate of drug-likeness (QED) is 0.240. The summed E-state index contributed by atoms with van der Waals surface area (Å²) in [6, 6.07) is 9.40. The molecule has 0 saturated heterocycles. The summed E-state index contributed by atoms with van der Waals surface area (Å²) in [4.78, 5) is 0. The third-order valence-corrected chi connectivity index (χ3v) is 5.70. The molecule has 0 unspecified atom stereocenters. The summed E-state index contributed by atoms with van der Waals surface area (Å²) in [5, 5.41) is -0.127. The van der Waals surface area contributed by atoms with Crippen LogP contribution in [0.4, 0.5) is 26.3 Å². The van der Waals surface area contributed by atoms with Crippen molar-refractivity contribution >= 4 is 41.8 Å². The Kier molecular flexibility index (Phi) is 5.05. The molecule has 0 aromatic heterocycles. The first-order valence-corrected chi connectivity index (χ1v) is 10.4. The maximum Gasteiger partial charge on any atom is 0.534 e. The van der Waals surface area contributed by atoms with Crippen molar-refractivity contribution in [2.24, 2.45) is 0 Å². The van der Waals surface area contributed by atoms with Crippen molar-refractivity contribution in [2.75, 3.05) is 0 Å². The molecule has 0 amide bonds. The predicted molar refractivity (Wildman–Crippen MR) is 92.7 cm³/mol. The number of fused-ring (bicyclic) bond motifs is 2. The first kappa shape index (κ1) is 22.0. The third-order valence-electron chi connectivity index (χ3n) is 3.77. The van der Waals surface area contributed by atoms with E-state index in [1.165, 1.54) is 24.3 Å². The summed E-state index contributed by atoms with van der Waals surface area (Å²) in [6.45, 7) is 0. The first-order valence-electron chi connectivity index (χ1n) is 7.59. The molecule has 0 fully saturated rings. The molecule has 0 N–H and O–H groups in total. The van der Waals surface area contributed by atoms with Crippen molar-refractivity contribution in [3.8, 4) is 11.5 Å². The lowest BCUT2D eigenvalue weighted by molar-refractivity contribution is -0.0505. The summed E-state index contributed by atoms with van der Waals surface area (Å²) in [6.07, 6.45) is 0. The topological polar surface area (TPSA) is 86.7 Å². The lowest BCUT2D eigenvalue weighted by Gasteiger charge is -2.15. The molecule has 0 aliphatic rings. The molecule has 14 heteroatoms. The number of rotatable bonds is 4. The SMILES string of the molecule is O=S(=O)(Oc1ccc(OS(=O)(=O)C(F)(F)F)c2cc3ccccc3cc12)C(F)(F)F. The van der Waals surface area contributed by atoms with Gasteiger partial charge in [-0.05, 0) is 35.0 Å². The molecule has 0 spiro atoms. The van der Waals surface area contributed by atoms with Crippen LogP contribution < -0.4 is 8.37 Å². The second-order valence-corrected chi connectivity index (χ2v) is 8.85. The normalized spacial score (nSPS) is 13.5. The van der Waals surface area contributed by atoms with Crippen molar-refractivity contribution in [1.29, 1.82) is 0 Å². The van der Waals surface area contributed by atoms with E-state index in [1.807, 2.05) is 0 Å². The molecule has 6 nitrogen and oxygen atoms in total. The Morgan fingerprint density at radius 2 is 0.933 bits per heavy atom. The van der Waals surface area contributed by atoms with Gasteiger partial charge in [0.25, 0.3) is 0 Å². The molecule has 0 radical (unpaired) electrons. The van der Waals surface area contributed by atoms with Gasteiger partial charge in [-0.15, -0.1) is 0 Å². The van der Waals surface area contributed by atoms with Crippen molar-refractivity contribution in [2.45, 2.75) is 11.0 Å². The van der Waals surface area contributed by atoms with Crippen molar-refractivity contribution in [1.82, 2.24) is 0 Å². The van der Waals surface area contributed by atoms with E-state index in [2.05, 4.69) is 8.37 Å². The highest BCUT2D eigenvalue weighted by molar-refractivity contribution is 7.88. The van der Waals surface area contributed by atoms with Crippen LogP contribution in [0.1, 0.15) is 0 Å². The molecular formula is C16H8F6O6S2. The number of halogens is 6. The van der Waals surface area contributed by atoms with E-state index in [4.69, 9.17) is 0 Å². The minimum atomic E-state index is -6.11. The van der Waals surface area contributed by atoms with E-state index in [9.17, 15) is 43.2 Å². The van der Waals surface area contributed by atoms with E-state index >= 15 is 0 Å². The van der Waals surface area contributed by atoms with E-state index in [0.29, 0.717) is 22.9 Å². The Labute approximate surface area is 164 Å². The van der Waals surface area contributed by atoms with Crippen molar-refractivity contribution in [3.63, 3.8) is 0 Å². The largest absolute Gasteiger partial charge is 0.534 e. The van der Waals surface area contributed by atoms with Gasteiger partial charge in [0.15, 0.2) is 11.5 Å². The molecule has 3 aromatic rings. The lowest BCUT2D eigenvalue weighted by Crippen LogP contribution is -2.28. The van der Waals surface area contributed by atoms with Crippen LogP contribution in [0.2, 0.25) is 0 Å².